The smallest absolute Gasteiger partial charge is 0.321 e. The van der Waals surface area contributed by atoms with E-state index in [4.69, 9.17) is 0 Å². The Hall–Kier alpha value is -1.55. The summed E-state index contributed by atoms with van der Waals surface area (Å²) in [5.74, 6) is 0. The van der Waals surface area contributed by atoms with Crippen molar-refractivity contribution in [3.63, 3.8) is 0 Å². The average Bonchev–Trinajstić information content (AvgIpc) is 2.42. The predicted molar refractivity (Wildman–Crippen MR) is 78.5 cm³/mol. The monoisotopic (exact) mass is 261 g/mol. The molecule has 1 aliphatic heterocycles. The molecule has 1 fully saturated rings. The molecule has 2 rings (SSSR count). The third kappa shape index (κ3) is 3.96. The fraction of sp³-hybridized carbons (Fsp3) is 0.533. The van der Waals surface area contributed by atoms with Crippen molar-refractivity contribution in [2.45, 2.75) is 20.3 Å². The van der Waals surface area contributed by atoms with Gasteiger partial charge in [0.2, 0.25) is 0 Å². The van der Waals surface area contributed by atoms with Crippen molar-refractivity contribution in [1.29, 1.82) is 0 Å². The van der Waals surface area contributed by atoms with Crippen molar-refractivity contribution in [2.75, 3.05) is 38.0 Å². The van der Waals surface area contributed by atoms with E-state index in [9.17, 15) is 4.79 Å². The van der Waals surface area contributed by atoms with Crippen LogP contribution in [0.1, 0.15) is 18.9 Å². The first-order valence-electron chi connectivity index (χ1n) is 7.04. The minimum absolute atomic E-state index is 0.0139. The Balaban J connectivity index is 1.83. The fourth-order valence-corrected chi connectivity index (χ4v) is 2.33. The number of nitrogens with one attached hydrogen (secondary N) is 1. The van der Waals surface area contributed by atoms with Crippen molar-refractivity contribution >= 4 is 11.7 Å². The summed E-state index contributed by atoms with van der Waals surface area (Å²) in [5, 5.41) is 2.95. The van der Waals surface area contributed by atoms with Crippen LogP contribution in [0.15, 0.2) is 24.3 Å². The standard InChI is InChI=1S/C15H23N3O/c1-3-8-17-9-11-18(12-10-17)15(19)16-14-6-4-13(2)5-7-14/h4-7H,3,8-12H2,1-2H3,(H,16,19). The van der Waals surface area contributed by atoms with Gasteiger partial charge in [0, 0.05) is 31.9 Å². The van der Waals surface area contributed by atoms with E-state index in [0.29, 0.717) is 0 Å². The van der Waals surface area contributed by atoms with E-state index < -0.39 is 0 Å². The molecule has 1 N–H and O–H groups in total. The number of hydrogen-bond acceptors (Lipinski definition) is 2. The molecule has 104 valence electrons. The number of piperazine rings is 1. The molecular weight excluding hydrogens is 238 g/mol. The van der Waals surface area contributed by atoms with Crippen LogP contribution in [0.3, 0.4) is 0 Å². The summed E-state index contributed by atoms with van der Waals surface area (Å²) in [6.45, 7) is 8.96. The lowest BCUT2D eigenvalue weighted by molar-refractivity contribution is 0.147. The Morgan fingerprint density at radius 1 is 1.16 bits per heavy atom. The van der Waals surface area contributed by atoms with Crippen molar-refractivity contribution in [3.05, 3.63) is 29.8 Å². The molecule has 0 aliphatic carbocycles. The average molecular weight is 261 g/mol. The molecule has 4 heteroatoms. The highest BCUT2D eigenvalue weighted by atomic mass is 16.2. The third-order valence-corrected chi connectivity index (χ3v) is 3.50. The van der Waals surface area contributed by atoms with Crippen LogP contribution in [0.25, 0.3) is 0 Å². The van der Waals surface area contributed by atoms with Crippen LogP contribution >= 0.6 is 0 Å². The molecule has 2 amide bonds. The number of urea groups is 1. The van der Waals surface area contributed by atoms with Crippen LogP contribution in [-0.2, 0) is 0 Å². The molecule has 1 heterocycles. The number of carbonyl (C=O) groups excluding carboxylic acids is 1. The molecule has 19 heavy (non-hydrogen) atoms. The zero-order valence-electron chi connectivity index (χ0n) is 11.9. The summed E-state index contributed by atoms with van der Waals surface area (Å²) in [6.07, 6.45) is 1.18. The third-order valence-electron chi connectivity index (χ3n) is 3.50. The maximum Gasteiger partial charge on any atom is 0.321 e. The number of nitrogens with zero attached hydrogens (tertiary/aromatic N) is 2. The minimum atomic E-state index is 0.0139. The minimum Gasteiger partial charge on any atom is -0.322 e. The zero-order valence-corrected chi connectivity index (χ0v) is 11.9. The van der Waals surface area contributed by atoms with E-state index in [-0.39, 0.29) is 6.03 Å². The number of amides is 2. The second-order valence-corrected chi connectivity index (χ2v) is 5.12. The second kappa shape index (κ2) is 6.57. The lowest BCUT2D eigenvalue weighted by Crippen LogP contribution is -2.50. The Labute approximate surface area is 115 Å². The van der Waals surface area contributed by atoms with Crippen LogP contribution in [0.2, 0.25) is 0 Å². The van der Waals surface area contributed by atoms with Gasteiger partial charge in [-0.3, -0.25) is 4.90 Å². The van der Waals surface area contributed by atoms with Gasteiger partial charge in [-0.05, 0) is 32.0 Å². The lowest BCUT2D eigenvalue weighted by Gasteiger charge is -2.34. The molecule has 1 saturated heterocycles. The van der Waals surface area contributed by atoms with E-state index >= 15 is 0 Å². The summed E-state index contributed by atoms with van der Waals surface area (Å²) < 4.78 is 0. The van der Waals surface area contributed by atoms with Crippen molar-refractivity contribution < 1.29 is 4.79 Å². The van der Waals surface area contributed by atoms with Gasteiger partial charge in [-0.2, -0.15) is 0 Å². The SMILES string of the molecule is CCCN1CCN(C(=O)Nc2ccc(C)cc2)CC1. The number of rotatable bonds is 3. The molecule has 1 aromatic carbocycles. The summed E-state index contributed by atoms with van der Waals surface area (Å²) in [6, 6.07) is 7.92. The molecule has 0 bridgehead atoms. The fourth-order valence-electron chi connectivity index (χ4n) is 2.33. The van der Waals surface area contributed by atoms with Crippen LogP contribution < -0.4 is 5.32 Å². The number of hydrogen-bond donors (Lipinski definition) is 1. The number of aryl methyl sites for hydroxylation is 1. The quantitative estimate of drug-likeness (QED) is 0.907. The molecule has 0 saturated carbocycles. The van der Waals surface area contributed by atoms with Gasteiger partial charge in [-0.15, -0.1) is 0 Å². The largest absolute Gasteiger partial charge is 0.322 e. The first kappa shape index (κ1) is 13.9. The van der Waals surface area contributed by atoms with Gasteiger partial charge >= 0.3 is 6.03 Å². The zero-order chi connectivity index (χ0) is 13.7. The molecule has 1 aliphatic rings. The normalized spacial score (nSPS) is 16.4. The first-order chi connectivity index (χ1) is 9.19. The number of anilines is 1. The van der Waals surface area contributed by atoms with Gasteiger partial charge in [0.15, 0.2) is 0 Å². The van der Waals surface area contributed by atoms with Gasteiger partial charge in [0.05, 0.1) is 0 Å². The van der Waals surface area contributed by atoms with E-state index in [1.165, 1.54) is 12.0 Å². The second-order valence-electron chi connectivity index (χ2n) is 5.12. The summed E-state index contributed by atoms with van der Waals surface area (Å²) in [7, 11) is 0. The highest BCUT2D eigenvalue weighted by Crippen LogP contribution is 2.11. The number of carbonyl (C=O) groups is 1. The molecular formula is C15H23N3O. The van der Waals surface area contributed by atoms with E-state index in [0.717, 1.165) is 38.4 Å². The van der Waals surface area contributed by atoms with Crippen LogP contribution in [-0.4, -0.2) is 48.6 Å². The van der Waals surface area contributed by atoms with E-state index in [1.54, 1.807) is 0 Å². The van der Waals surface area contributed by atoms with Crippen molar-refractivity contribution in [2.24, 2.45) is 0 Å². The maximum absolute atomic E-state index is 12.1. The van der Waals surface area contributed by atoms with Gasteiger partial charge < -0.3 is 10.2 Å². The Morgan fingerprint density at radius 2 is 1.79 bits per heavy atom. The Morgan fingerprint density at radius 3 is 2.37 bits per heavy atom. The van der Waals surface area contributed by atoms with E-state index in [2.05, 4.69) is 17.1 Å². The molecule has 4 nitrogen and oxygen atoms in total. The van der Waals surface area contributed by atoms with Crippen LogP contribution in [0.4, 0.5) is 10.5 Å². The van der Waals surface area contributed by atoms with Gasteiger partial charge in [-0.1, -0.05) is 24.6 Å². The van der Waals surface area contributed by atoms with Crippen molar-refractivity contribution in [3.8, 4) is 0 Å². The van der Waals surface area contributed by atoms with E-state index in [1.807, 2.05) is 36.1 Å². The summed E-state index contributed by atoms with van der Waals surface area (Å²) in [5.41, 5.74) is 2.07. The predicted octanol–water partition coefficient (Wildman–Crippen LogP) is 2.55. The van der Waals surface area contributed by atoms with Gasteiger partial charge in [0.1, 0.15) is 0 Å². The molecule has 0 atom stereocenters. The topological polar surface area (TPSA) is 35.6 Å². The highest BCUT2D eigenvalue weighted by Gasteiger charge is 2.20. The molecule has 1 aromatic rings. The van der Waals surface area contributed by atoms with Crippen LogP contribution in [0.5, 0.6) is 0 Å². The number of benzene rings is 1. The van der Waals surface area contributed by atoms with Crippen molar-refractivity contribution in [1.82, 2.24) is 9.80 Å². The molecule has 0 unspecified atom stereocenters. The van der Waals surface area contributed by atoms with Gasteiger partial charge in [-0.25, -0.2) is 4.79 Å². The maximum atomic E-state index is 12.1. The molecule has 0 aromatic heterocycles. The highest BCUT2D eigenvalue weighted by molar-refractivity contribution is 5.89. The van der Waals surface area contributed by atoms with Gasteiger partial charge in [0.25, 0.3) is 0 Å². The molecule has 0 radical (unpaired) electrons. The Bertz CT molecular complexity index is 408. The summed E-state index contributed by atoms with van der Waals surface area (Å²) in [4.78, 5) is 16.4. The molecule has 0 spiro atoms. The summed E-state index contributed by atoms with van der Waals surface area (Å²) >= 11 is 0. The lowest BCUT2D eigenvalue weighted by atomic mass is 10.2. The van der Waals surface area contributed by atoms with Crippen LogP contribution in [0, 0.1) is 6.92 Å². The Kier molecular flexibility index (Phi) is 4.80. The first-order valence-corrected chi connectivity index (χ1v) is 7.04.